The van der Waals surface area contributed by atoms with E-state index < -0.39 is 10.0 Å². The Balaban J connectivity index is 1.50. The van der Waals surface area contributed by atoms with E-state index in [2.05, 4.69) is 5.32 Å². The summed E-state index contributed by atoms with van der Waals surface area (Å²) in [6.07, 6.45) is 2.40. The Morgan fingerprint density at radius 1 is 1.36 bits per heavy atom. The lowest BCUT2D eigenvalue weighted by atomic mass is 9.96. The van der Waals surface area contributed by atoms with Crippen molar-refractivity contribution in [2.24, 2.45) is 5.92 Å². The molecule has 0 aromatic heterocycles. The van der Waals surface area contributed by atoms with Crippen LogP contribution in [-0.4, -0.2) is 57.7 Å². The molecule has 1 aromatic carbocycles. The van der Waals surface area contributed by atoms with Crippen molar-refractivity contribution in [2.45, 2.75) is 19.3 Å². The molecule has 2 aliphatic rings. The van der Waals surface area contributed by atoms with Crippen molar-refractivity contribution >= 4 is 15.9 Å². The Hall–Kier alpha value is -1.80. The predicted octanol–water partition coefficient (Wildman–Crippen LogP) is 0.788. The van der Waals surface area contributed by atoms with Crippen LogP contribution in [-0.2, 0) is 21.2 Å². The fraction of sp³-hybridized carbons (Fsp3) is 0.588. The maximum absolute atomic E-state index is 12.3. The van der Waals surface area contributed by atoms with E-state index in [0.717, 1.165) is 24.2 Å². The largest absolute Gasteiger partial charge is 0.497 e. The summed E-state index contributed by atoms with van der Waals surface area (Å²) in [6.45, 7) is 1.59. The number of amides is 1. The Labute approximate surface area is 148 Å². The first-order valence-corrected chi connectivity index (χ1v) is 10.2. The van der Waals surface area contributed by atoms with Crippen LogP contribution in [0, 0.1) is 5.92 Å². The van der Waals surface area contributed by atoms with Gasteiger partial charge in [-0.2, -0.15) is 0 Å². The zero-order valence-corrected chi connectivity index (χ0v) is 15.2. The number of fused-ring (bicyclic) bond motifs is 1. The molecule has 0 aliphatic carbocycles. The van der Waals surface area contributed by atoms with Gasteiger partial charge in [-0.1, -0.05) is 6.07 Å². The smallest absolute Gasteiger partial charge is 0.226 e. The van der Waals surface area contributed by atoms with Gasteiger partial charge in [-0.05, 0) is 30.9 Å². The van der Waals surface area contributed by atoms with Gasteiger partial charge in [0, 0.05) is 25.7 Å². The van der Waals surface area contributed by atoms with Crippen molar-refractivity contribution in [1.82, 2.24) is 9.62 Å². The van der Waals surface area contributed by atoms with E-state index in [0.29, 0.717) is 25.3 Å². The fourth-order valence-electron chi connectivity index (χ4n) is 3.19. The Morgan fingerprint density at radius 2 is 2.12 bits per heavy atom. The van der Waals surface area contributed by atoms with Crippen LogP contribution in [0.15, 0.2) is 18.2 Å². The second-order valence-electron chi connectivity index (χ2n) is 6.40. The van der Waals surface area contributed by atoms with Gasteiger partial charge in [0.05, 0.1) is 18.8 Å². The molecular weight excluding hydrogens is 344 g/mol. The molecule has 1 N–H and O–H groups in total. The zero-order valence-electron chi connectivity index (χ0n) is 14.4. The van der Waals surface area contributed by atoms with E-state index in [4.69, 9.17) is 9.47 Å². The van der Waals surface area contributed by atoms with Crippen molar-refractivity contribution in [2.75, 3.05) is 39.1 Å². The number of hydrogen-bond donors (Lipinski definition) is 1. The van der Waals surface area contributed by atoms with Gasteiger partial charge in [0.25, 0.3) is 0 Å². The first-order valence-electron chi connectivity index (χ1n) is 8.55. The normalized spacial score (nSPS) is 20.6. The molecule has 1 saturated heterocycles. The van der Waals surface area contributed by atoms with E-state index in [1.54, 1.807) is 7.11 Å². The highest BCUT2D eigenvalue weighted by atomic mass is 32.2. The first-order chi connectivity index (χ1) is 12.0. The van der Waals surface area contributed by atoms with Crippen LogP contribution in [0.2, 0.25) is 0 Å². The average molecular weight is 368 g/mol. The summed E-state index contributed by atoms with van der Waals surface area (Å²) in [4.78, 5) is 12.3. The molecule has 2 aliphatic heterocycles. The number of hydrogen-bond acceptors (Lipinski definition) is 5. The summed E-state index contributed by atoms with van der Waals surface area (Å²) in [7, 11) is -1.68. The number of rotatable bonds is 6. The monoisotopic (exact) mass is 368 g/mol. The molecule has 0 unspecified atom stereocenters. The molecule has 25 heavy (non-hydrogen) atoms. The standard InChI is InChI=1S/C17H24N2O5S/c1-23-15-5-4-13-10-14(12-24-16(13)11-15)17(20)18-6-9-25(21,22)19-7-2-3-8-19/h4-5,11,14H,2-3,6-10,12H2,1H3,(H,18,20)/t14-/m0/s1. The SMILES string of the molecule is COc1ccc2c(c1)OC[C@@H](C(=O)NCCS(=O)(=O)N1CCCC1)C2. The number of nitrogens with one attached hydrogen (secondary N) is 1. The van der Waals surface area contributed by atoms with Crippen LogP contribution in [0.3, 0.4) is 0 Å². The summed E-state index contributed by atoms with van der Waals surface area (Å²) in [5, 5.41) is 2.74. The van der Waals surface area contributed by atoms with Crippen LogP contribution >= 0.6 is 0 Å². The summed E-state index contributed by atoms with van der Waals surface area (Å²) in [6, 6.07) is 5.54. The highest BCUT2D eigenvalue weighted by Crippen LogP contribution is 2.31. The van der Waals surface area contributed by atoms with Crippen LogP contribution in [0.1, 0.15) is 18.4 Å². The number of carbonyl (C=O) groups excluding carboxylic acids is 1. The zero-order chi connectivity index (χ0) is 17.9. The molecule has 1 fully saturated rings. The van der Waals surface area contributed by atoms with Crippen molar-refractivity contribution in [3.8, 4) is 11.5 Å². The molecule has 0 bridgehead atoms. The third-order valence-electron chi connectivity index (χ3n) is 4.67. The molecule has 1 aromatic rings. The van der Waals surface area contributed by atoms with Gasteiger partial charge in [0.2, 0.25) is 15.9 Å². The van der Waals surface area contributed by atoms with Crippen molar-refractivity contribution < 1.29 is 22.7 Å². The van der Waals surface area contributed by atoms with Gasteiger partial charge >= 0.3 is 0 Å². The topological polar surface area (TPSA) is 84.9 Å². The van der Waals surface area contributed by atoms with Crippen LogP contribution in [0.5, 0.6) is 11.5 Å². The second-order valence-corrected chi connectivity index (χ2v) is 8.49. The molecule has 8 heteroatoms. The highest BCUT2D eigenvalue weighted by Gasteiger charge is 2.28. The van der Waals surface area contributed by atoms with Crippen LogP contribution < -0.4 is 14.8 Å². The summed E-state index contributed by atoms with van der Waals surface area (Å²) in [5.74, 6) is 0.919. The number of benzene rings is 1. The molecule has 7 nitrogen and oxygen atoms in total. The number of sulfonamides is 1. The van der Waals surface area contributed by atoms with E-state index in [-0.39, 0.29) is 30.7 Å². The lowest BCUT2D eigenvalue weighted by Gasteiger charge is -2.25. The molecule has 0 saturated carbocycles. The minimum atomic E-state index is -3.27. The Kier molecular flexibility index (Phi) is 5.48. The van der Waals surface area contributed by atoms with Gasteiger partial charge in [-0.25, -0.2) is 12.7 Å². The van der Waals surface area contributed by atoms with Gasteiger partial charge in [-0.15, -0.1) is 0 Å². The molecule has 2 heterocycles. The first kappa shape index (κ1) is 18.0. The number of methoxy groups -OCH3 is 1. The van der Waals surface area contributed by atoms with Crippen LogP contribution in [0.25, 0.3) is 0 Å². The van der Waals surface area contributed by atoms with Crippen molar-refractivity contribution in [1.29, 1.82) is 0 Å². The fourth-order valence-corrected chi connectivity index (χ4v) is 4.62. The van der Waals surface area contributed by atoms with Gasteiger partial charge in [-0.3, -0.25) is 4.79 Å². The van der Waals surface area contributed by atoms with Gasteiger partial charge in [0.15, 0.2) is 0 Å². The average Bonchev–Trinajstić information content (AvgIpc) is 3.16. The van der Waals surface area contributed by atoms with E-state index in [1.807, 2.05) is 18.2 Å². The summed E-state index contributed by atoms with van der Waals surface area (Å²) < 4.78 is 36.6. The maximum Gasteiger partial charge on any atom is 0.226 e. The quantitative estimate of drug-likeness (QED) is 0.802. The Morgan fingerprint density at radius 3 is 2.84 bits per heavy atom. The number of carbonyl (C=O) groups is 1. The third kappa shape index (κ3) is 4.24. The minimum absolute atomic E-state index is 0.0555. The molecule has 0 radical (unpaired) electrons. The molecule has 138 valence electrons. The van der Waals surface area contributed by atoms with Crippen molar-refractivity contribution in [3.63, 3.8) is 0 Å². The predicted molar refractivity (Wildman–Crippen MR) is 93.3 cm³/mol. The summed E-state index contributed by atoms with van der Waals surface area (Å²) >= 11 is 0. The molecule has 3 rings (SSSR count). The molecule has 1 atom stereocenters. The highest BCUT2D eigenvalue weighted by molar-refractivity contribution is 7.89. The van der Waals surface area contributed by atoms with Gasteiger partial charge in [0.1, 0.15) is 18.1 Å². The van der Waals surface area contributed by atoms with E-state index >= 15 is 0 Å². The number of nitrogens with zero attached hydrogens (tertiary/aromatic N) is 1. The maximum atomic E-state index is 12.3. The molecule has 1 amide bonds. The lowest BCUT2D eigenvalue weighted by molar-refractivity contribution is -0.126. The van der Waals surface area contributed by atoms with Crippen LogP contribution in [0.4, 0.5) is 0 Å². The minimum Gasteiger partial charge on any atom is -0.497 e. The molecular formula is C17H24N2O5S. The molecule has 0 spiro atoms. The third-order valence-corrected chi connectivity index (χ3v) is 6.54. The number of ether oxygens (including phenoxy) is 2. The van der Waals surface area contributed by atoms with Gasteiger partial charge < -0.3 is 14.8 Å². The Bertz CT molecular complexity index is 729. The second kappa shape index (κ2) is 7.61. The van der Waals surface area contributed by atoms with E-state index in [1.165, 1.54) is 4.31 Å². The van der Waals surface area contributed by atoms with Crippen molar-refractivity contribution in [3.05, 3.63) is 23.8 Å². The van der Waals surface area contributed by atoms with E-state index in [9.17, 15) is 13.2 Å². The summed E-state index contributed by atoms with van der Waals surface area (Å²) in [5.41, 5.74) is 0.955. The lowest BCUT2D eigenvalue weighted by Crippen LogP contribution is -2.41.